The lowest BCUT2D eigenvalue weighted by atomic mass is 9.99. The molecule has 2 N–H and O–H groups in total. The van der Waals surface area contributed by atoms with Gasteiger partial charge in [0.1, 0.15) is 0 Å². The Bertz CT molecular complexity index is 430. The Kier molecular flexibility index (Phi) is 6.33. The van der Waals surface area contributed by atoms with Crippen LogP contribution < -0.4 is 14.8 Å². The van der Waals surface area contributed by atoms with Gasteiger partial charge in [0, 0.05) is 12.5 Å². The second-order valence-electron chi connectivity index (χ2n) is 5.80. The van der Waals surface area contributed by atoms with E-state index in [2.05, 4.69) is 5.32 Å². The topological polar surface area (TPSA) is 50.7 Å². The standard InChI is InChI=1S/C17H27NO3/c1-20-16-8-7-14(9-17(16)21-2)15(12-19)11-18-10-13-5-3-4-6-13/h7-9,13,15,18-19H,3-6,10-12H2,1-2H3. The highest BCUT2D eigenvalue weighted by Gasteiger charge is 2.17. The zero-order valence-corrected chi connectivity index (χ0v) is 13.1. The highest BCUT2D eigenvalue weighted by molar-refractivity contribution is 5.44. The summed E-state index contributed by atoms with van der Waals surface area (Å²) >= 11 is 0. The fraction of sp³-hybridized carbons (Fsp3) is 0.647. The molecule has 0 bridgehead atoms. The van der Waals surface area contributed by atoms with E-state index in [0.717, 1.165) is 30.3 Å². The average molecular weight is 293 g/mol. The van der Waals surface area contributed by atoms with Crippen molar-refractivity contribution >= 4 is 0 Å². The smallest absolute Gasteiger partial charge is 0.160 e. The van der Waals surface area contributed by atoms with E-state index in [1.807, 2.05) is 18.2 Å². The zero-order chi connectivity index (χ0) is 15.1. The SMILES string of the molecule is COc1ccc(C(CO)CNCC2CCCC2)cc1OC. The molecule has 1 aromatic carbocycles. The zero-order valence-electron chi connectivity index (χ0n) is 13.1. The second-order valence-corrected chi connectivity index (χ2v) is 5.80. The summed E-state index contributed by atoms with van der Waals surface area (Å²) in [4.78, 5) is 0. The van der Waals surface area contributed by atoms with Gasteiger partial charge in [-0.05, 0) is 43.0 Å². The quantitative estimate of drug-likeness (QED) is 0.773. The number of hydrogen-bond donors (Lipinski definition) is 2. The van der Waals surface area contributed by atoms with Crippen LogP contribution in [0.25, 0.3) is 0 Å². The molecule has 4 nitrogen and oxygen atoms in total. The molecule has 1 aromatic rings. The lowest BCUT2D eigenvalue weighted by Gasteiger charge is -2.19. The minimum atomic E-state index is 0.0891. The van der Waals surface area contributed by atoms with Crippen molar-refractivity contribution in [1.82, 2.24) is 5.32 Å². The molecular weight excluding hydrogens is 266 g/mol. The fourth-order valence-electron chi connectivity index (χ4n) is 3.07. The summed E-state index contributed by atoms with van der Waals surface area (Å²) in [6.45, 7) is 1.99. The predicted molar refractivity (Wildman–Crippen MR) is 84.2 cm³/mol. The minimum Gasteiger partial charge on any atom is -0.493 e. The van der Waals surface area contributed by atoms with Crippen molar-refractivity contribution in [1.29, 1.82) is 0 Å². The highest BCUT2D eigenvalue weighted by Crippen LogP contribution is 2.30. The van der Waals surface area contributed by atoms with E-state index >= 15 is 0 Å². The molecule has 0 spiro atoms. The summed E-state index contributed by atoms with van der Waals surface area (Å²) in [6, 6.07) is 5.85. The molecule has 1 aliphatic rings. The van der Waals surface area contributed by atoms with Crippen molar-refractivity contribution in [2.75, 3.05) is 33.9 Å². The maximum Gasteiger partial charge on any atom is 0.160 e. The van der Waals surface area contributed by atoms with Gasteiger partial charge in [0.2, 0.25) is 0 Å². The maximum absolute atomic E-state index is 9.65. The molecular formula is C17H27NO3. The van der Waals surface area contributed by atoms with Crippen LogP contribution in [0.2, 0.25) is 0 Å². The van der Waals surface area contributed by atoms with E-state index in [4.69, 9.17) is 9.47 Å². The van der Waals surface area contributed by atoms with Gasteiger partial charge in [-0.25, -0.2) is 0 Å². The van der Waals surface area contributed by atoms with Gasteiger partial charge in [-0.2, -0.15) is 0 Å². The van der Waals surface area contributed by atoms with E-state index in [0.29, 0.717) is 5.75 Å². The van der Waals surface area contributed by atoms with Gasteiger partial charge in [-0.15, -0.1) is 0 Å². The predicted octanol–water partition coefficient (Wildman–Crippen LogP) is 2.56. The van der Waals surface area contributed by atoms with Crippen LogP contribution in [0.4, 0.5) is 0 Å². The first-order valence-corrected chi connectivity index (χ1v) is 7.82. The van der Waals surface area contributed by atoms with Crippen LogP contribution in [-0.2, 0) is 0 Å². The van der Waals surface area contributed by atoms with Crippen molar-refractivity contribution in [3.05, 3.63) is 23.8 Å². The Hall–Kier alpha value is -1.26. The first-order valence-electron chi connectivity index (χ1n) is 7.82. The van der Waals surface area contributed by atoms with Crippen LogP contribution in [0.15, 0.2) is 18.2 Å². The average Bonchev–Trinajstić information content (AvgIpc) is 3.04. The number of ether oxygens (including phenoxy) is 2. The molecule has 0 heterocycles. The van der Waals surface area contributed by atoms with Crippen LogP contribution in [0.3, 0.4) is 0 Å². The summed E-state index contributed by atoms with van der Waals surface area (Å²) in [7, 11) is 3.26. The van der Waals surface area contributed by atoms with Crippen LogP contribution in [-0.4, -0.2) is 39.0 Å². The molecule has 2 rings (SSSR count). The molecule has 0 amide bonds. The van der Waals surface area contributed by atoms with Gasteiger partial charge >= 0.3 is 0 Å². The van der Waals surface area contributed by atoms with Crippen LogP contribution in [0.5, 0.6) is 11.5 Å². The van der Waals surface area contributed by atoms with Gasteiger partial charge in [0.05, 0.1) is 20.8 Å². The summed E-state index contributed by atoms with van der Waals surface area (Å²) in [6.07, 6.45) is 5.41. The Morgan fingerprint density at radius 3 is 2.52 bits per heavy atom. The van der Waals surface area contributed by atoms with Gasteiger partial charge < -0.3 is 19.9 Å². The Morgan fingerprint density at radius 2 is 1.90 bits per heavy atom. The lowest BCUT2D eigenvalue weighted by molar-refractivity contribution is 0.259. The van der Waals surface area contributed by atoms with Crippen LogP contribution in [0.1, 0.15) is 37.2 Å². The number of hydrogen-bond acceptors (Lipinski definition) is 4. The molecule has 1 atom stereocenters. The van der Waals surface area contributed by atoms with Crippen molar-refractivity contribution in [2.24, 2.45) is 5.92 Å². The molecule has 118 valence electrons. The number of aliphatic hydroxyl groups is 1. The molecule has 0 radical (unpaired) electrons. The molecule has 1 saturated carbocycles. The van der Waals surface area contributed by atoms with Gasteiger partial charge in [0.15, 0.2) is 11.5 Å². The van der Waals surface area contributed by atoms with Gasteiger partial charge in [-0.3, -0.25) is 0 Å². The number of aliphatic hydroxyl groups excluding tert-OH is 1. The van der Waals surface area contributed by atoms with E-state index in [9.17, 15) is 5.11 Å². The molecule has 1 unspecified atom stereocenters. The molecule has 4 heteroatoms. The van der Waals surface area contributed by atoms with E-state index in [-0.39, 0.29) is 12.5 Å². The first-order chi connectivity index (χ1) is 10.3. The molecule has 0 aliphatic heterocycles. The number of methoxy groups -OCH3 is 2. The molecule has 1 aliphatic carbocycles. The van der Waals surface area contributed by atoms with E-state index < -0.39 is 0 Å². The third-order valence-electron chi connectivity index (χ3n) is 4.40. The number of benzene rings is 1. The van der Waals surface area contributed by atoms with Crippen molar-refractivity contribution in [3.8, 4) is 11.5 Å². The molecule has 1 fully saturated rings. The minimum absolute atomic E-state index is 0.0891. The summed E-state index contributed by atoms with van der Waals surface area (Å²) in [5.41, 5.74) is 1.08. The fourth-order valence-corrected chi connectivity index (χ4v) is 3.07. The second kappa shape index (κ2) is 8.25. The van der Waals surface area contributed by atoms with Gasteiger partial charge in [0.25, 0.3) is 0 Å². The van der Waals surface area contributed by atoms with E-state index in [1.165, 1.54) is 25.7 Å². The van der Waals surface area contributed by atoms with E-state index in [1.54, 1.807) is 14.2 Å². The van der Waals surface area contributed by atoms with Crippen LogP contribution >= 0.6 is 0 Å². The van der Waals surface area contributed by atoms with Crippen LogP contribution in [0, 0.1) is 5.92 Å². The number of rotatable bonds is 8. The Balaban J connectivity index is 1.92. The van der Waals surface area contributed by atoms with Gasteiger partial charge in [-0.1, -0.05) is 18.9 Å². The maximum atomic E-state index is 9.65. The van der Waals surface area contributed by atoms with Crippen molar-refractivity contribution < 1.29 is 14.6 Å². The van der Waals surface area contributed by atoms with Crippen molar-refractivity contribution in [3.63, 3.8) is 0 Å². The largest absolute Gasteiger partial charge is 0.493 e. The molecule has 21 heavy (non-hydrogen) atoms. The Morgan fingerprint density at radius 1 is 1.19 bits per heavy atom. The monoisotopic (exact) mass is 293 g/mol. The van der Waals surface area contributed by atoms with Crippen molar-refractivity contribution in [2.45, 2.75) is 31.6 Å². The molecule has 0 saturated heterocycles. The number of nitrogens with one attached hydrogen (secondary N) is 1. The summed E-state index contributed by atoms with van der Waals surface area (Å²) in [5.74, 6) is 2.34. The molecule has 0 aromatic heterocycles. The first kappa shape index (κ1) is 16.1. The summed E-state index contributed by atoms with van der Waals surface area (Å²) < 4.78 is 10.6. The Labute approximate surface area is 127 Å². The third-order valence-corrected chi connectivity index (χ3v) is 4.40. The third kappa shape index (κ3) is 4.35. The normalized spacial score (nSPS) is 16.9. The highest BCUT2D eigenvalue weighted by atomic mass is 16.5. The lowest BCUT2D eigenvalue weighted by Crippen LogP contribution is -2.28. The summed E-state index contributed by atoms with van der Waals surface area (Å²) in [5, 5.41) is 13.2.